The lowest BCUT2D eigenvalue weighted by molar-refractivity contribution is -0.119. The van der Waals surface area contributed by atoms with Gasteiger partial charge in [0.25, 0.3) is 5.91 Å². The normalized spacial score (nSPS) is 11.3. The third-order valence-corrected chi connectivity index (χ3v) is 4.92. The van der Waals surface area contributed by atoms with Crippen molar-refractivity contribution >= 4 is 21.8 Å². The Morgan fingerprint density at radius 1 is 1.18 bits per heavy atom. The topological polar surface area (TPSA) is 95.6 Å². The zero-order valence-electron chi connectivity index (χ0n) is 12.5. The molecular weight excluding hydrogens is 313 g/mol. The van der Waals surface area contributed by atoms with E-state index in [1.165, 1.54) is 4.31 Å². The van der Waals surface area contributed by atoms with Gasteiger partial charge in [0.1, 0.15) is 5.82 Å². The van der Waals surface area contributed by atoms with Crippen LogP contribution in [-0.2, 0) is 14.8 Å². The maximum absolute atomic E-state index is 13.7. The quantitative estimate of drug-likeness (QED) is 0.774. The molecule has 0 spiro atoms. The van der Waals surface area contributed by atoms with E-state index in [1.54, 1.807) is 13.8 Å². The minimum absolute atomic E-state index is 0.189. The van der Waals surface area contributed by atoms with Crippen LogP contribution < -0.4 is 10.9 Å². The number of nitrogens with one attached hydrogen (secondary N) is 2. The number of benzene rings is 1. The first-order chi connectivity index (χ1) is 10.2. The molecule has 122 valence electrons. The third-order valence-electron chi connectivity index (χ3n) is 2.88. The molecule has 22 heavy (non-hydrogen) atoms. The molecule has 0 radical (unpaired) electrons. The number of carbonyl (C=O) groups is 2. The number of halogens is 1. The SMILES string of the molecule is CCN(CC)S(=O)(=O)c1ccc(F)c(C(=O)NNC(C)=O)c1. The lowest BCUT2D eigenvalue weighted by Gasteiger charge is -2.18. The van der Waals surface area contributed by atoms with Gasteiger partial charge in [0.05, 0.1) is 10.5 Å². The minimum atomic E-state index is -3.81. The maximum Gasteiger partial charge on any atom is 0.272 e. The van der Waals surface area contributed by atoms with E-state index in [9.17, 15) is 22.4 Å². The number of rotatable bonds is 5. The average Bonchev–Trinajstić information content (AvgIpc) is 2.45. The van der Waals surface area contributed by atoms with Crippen molar-refractivity contribution in [2.24, 2.45) is 0 Å². The Morgan fingerprint density at radius 3 is 2.27 bits per heavy atom. The second-order valence-electron chi connectivity index (χ2n) is 4.37. The van der Waals surface area contributed by atoms with Crippen molar-refractivity contribution in [2.75, 3.05) is 13.1 Å². The van der Waals surface area contributed by atoms with E-state index in [4.69, 9.17) is 0 Å². The van der Waals surface area contributed by atoms with Crippen LogP contribution in [0.5, 0.6) is 0 Å². The van der Waals surface area contributed by atoms with Crippen molar-refractivity contribution in [3.05, 3.63) is 29.6 Å². The zero-order valence-corrected chi connectivity index (χ0v) is 13.3. The fourth-order valence-corrected chi connectivity index (χ4v) is 3.25. The van der Waals surface area contributed by atoms with Crippen molar-refractivity contribution in [3.63, 3.8) is 0 Å². The predicted octanol–water partition coefficient (Wildman–Crippen LogP) is 0.637. The first-order valence-corrected chi connectivity index (χ1v) is 8.04. The Kier molecular flexibility index (Phi) is 6.01. The standard InChI is InChI=1S/C13H18FN3O4S/c1-4-17(5-2)22(20,21)10-6-7-12(14)11(8-10)13(19)16-15-9(3)18/h6-8H,4-5H2,1-3H3,(H,15,18)(H,16,19). The summed E-state index contributed by atoms with van der Waals surface area (Å²) in [5.74, 6) is -2.37. The number of sulfonamides is 1. The highest BCUT2D eigenvalue weighted by molar-refractivity contribution is 7.89. The monoisotopic (exact) mass is 331 g/mol. The van der Waals surface area contributed by atoms with Crippen molar-refractivity contribution in [1.29, 1.82) is 0 Å². The Morgan fingerprint density at radius 2 is 1.77 bits per heavy atom. The van der Waals surface area contributed by atoms with Crippen LogP contribution in [0.3, 0.4) is 0 Å². The molecule has 9 heteroatoms. The third kappa shape index (κ3) is 4.01. The van der Waals surface area contributed by atoms with Gasteiger partial charge in [-0.15, -0.1) is 0 Å². The Labute approximate surface area is 128 Å². The number of hydrogen-bond acceptors (Lipinski definition) is 4. The van der Waals surface area contributed by atoms with Crippen molar-refractivity contribution in [3.8, 4) is 0 Å². The summed E-state index contributed by atoms with van der Waals surface area (Å²) in [7, 11) is -3.81. The van der Waals surface area contributed by atoms with E-state index >= 15 is 0 Å². The summed E-state index contributed by atoms with van der Waals surface area (Å²) in [6.45, 7) is 5.02. The molecule has 0 aliphatic carbocycles. The molecule has 7 nitrogen and oxygen atoms in total. The molecule has 0 saturated heterocycles. The van der Waals surface area contributed by atoms with Crippen molar-refractivity contribution < 1.29 is 22.4 Å². The lowest BCUT2D eigenvalue weighted by atomic mass is 10.2. The Balaban J connectivity index is 3.19. The highest BCUT2D eigenvalue weighted by Crippen LogP contribution is 2.19. The molecule has 0 heterocycles. The van der Waals surface area contributed by atoms with Gasteiger partial charge in [-0.1, -0.05) is 13.8 Å². The van der Waals surface area contributed by atoms with Crippen LogP contribution in [0.4, 0.5) is 4.39 Å². The summed E-state index contributed by atoms with van der Waals surface area (Å²) >= 11 is 0. The molecule has 1 rings (SSSR count). The van der Waals surface area contributed by atoms with Gasteiger partial charge < -0.3 is 0 Å². The van der Waals surface area contributed by atoms with Gasteiger partial charge in [-0.2, -0.15) is 4.31 Å². The molecule has 0 atom stereocenters. The number of hydrazine groups is 1. The second-order valence-corrected chi connectivity index (χ2v) is 6.30. The van der Waals surface area contributed by atoms with Crippen LogP contribution in [-0.4, -0.2) is 37.6 Å². The van der Waals surface area contributed by atoms with Gasteiger partial charge in [0, 0.05) is 20.0 Å². The van der Waals surface area contributed by atoms with Gasteiger partial charge in [-0.3, -0.25) is 20.4 Å². The van der Waals surface area contributed by atoms with E-state index in [-0.39, 0.29) is 18.0 Å². The van der Waals surface area contributed by atoms with Gasteiger partial charge in [0.15, 0.2) is 0 Å². The van der Waals surface area contributed by atoms with Crippen LogP contribution in [0.15, 0.2) is 23.1 Å². The molecule has 0 bridgehead atoms. The highest BCUT2D eigenvalue weighted by Gasteiger charge is 2.24. The molecule has 0 saturated carbocycles. The van der Waals surface area contributed by atoms with Crippen molar-refractivity contribution in [1.82, 2.24) is 15.2 Å². The van der Waals surface area contributed by atoms with Crippen LogP contribution in [0, 0.1) is 5.82 Å². The molecule has 0 aliphatic rings. The fourth-order valence-electron chi connectivity index (χ4n) is 1.76. The summed E-state index contributed by atoms with van der Waals surface area (Å²) < 4.78 is 39.6. The number of amides is 2. The van der Waals surface area contributed by atoms with E-state index < -0.39 is 33.2 Å². The second kappa shape index (κ2) is 7.32. The molecule has 2 amide bonds. The largest absolute Gasteiger partial charge is 0.274 e. The first-order valence-electron chi connectivity index (χ1n) is 6.60. The zero-order chi connectivity index (χ0) is 16.9. The van der Waals surface area contributed by atoms with E-state index in [1.807, 2.05) is 10.9 Å². The van der Waals surface area contributed by atoms with Gasteiger partial charge in [-0.05, 0) is 18.2 Å². The predicted molar refractivity (Wildman–Crippen MR) is 77.8 cm³/mol. The van der Waals surface area contributed by atoms with Crippen LogP contribution >= 0.6 is 0 Å². The molecule has 0 fully saturated rings. The molecule has 0 unspecified atom stereocenters. The maximum atomic E-state index is 13.7. The van der Waals surface area contributed by atoms with Crippen LogP contribution in [0.1, 0.15) is 31.1 Å². The fraction of sp³-hybridized carbons (Fsp3) is 0.385. The molecule has 1 aromatic carbocycles. The average molecular weight is 331 g/mol. The molecule has 0 aliphatic heterocycles. The summed E-state index contributed by atoms with van der Waals surface area (Å²) in [4.78, 5) is 22.3. The van der Waals surface area contributed by atoms with Gasteiger partial charge >= 0.3 is 0 Å². The Bertz CT molecular complexity index is 672. The van der Waals surface area contributed by atoms with Crippen LogP contribution in [0.25, 0.3) is 0 Å². The summed E-state index contributed by atoms with van der Waals surface area (Å²) in [6, 6.07) is 2.94. The van der Waals surface area contributed by atoms with E-state index in [2.05, 4.69) is 0 Å². The first kappa shape index (κ1) is 18.1. The number of hydrogen-bond donors (Lipinski definition) is 2. The van der Waals surface area contributed by atoms with Gasteiger partial charge in [-0.25, -0.2) is 12.8 Å². The number of carbonyl (C=O) groups excluding carboxylic acids is 2. The Hall–Kier alpha value is -2.00. The summed E-state index contributed by atoms with van der Waals surface area (Å²) in [5.41, 5.74) is 3.53. The van der Waals surface area contributed by atoms with Crippen molar-refractivity contribution in [2.45, 2.75) is 25.7 Å². The van der Waals surface area contributed by atoms with Crippen LogP contribution in [0.2, 0.25) is 0 Å². The van der Waals surface area contributed by atoms with E-state index in [0.717, 1.165) is 25.1 Å². The van der Waals surface area contributed by atoms with Gasteiger partial charge in [0.2, 0.25) is 15.9 Å². The summed E-state index contributed by atoms with van der Waals surface area (Å²) in [6.07, 6.45) is 0. The number of nitrogens with zero attached hydrogens (tertiary/aromatic N) is 1. The lowest BCUT2D eigenvalue weighted by Crippen LogP contribution is -2.40. The van der Waals surface area contributed by atoms with E-state index in [0.29, 0.717) is 0 Å². The smallest absolute Gasteiger partial charge is 0.272 e. The summed E-state index contributed by atoms with van der Waals surface area (Å²) in [5, 5.41) is 0. The highest BCUT2D eigenvalue weighted by atomic mass is 32.2. The molecular formula is C13H18FN3O4S. The molecule has 2 N–H and O–H groups in total. The minimum Gasteiger partial charge on any atom is -0.274 e. The molecule has 1 aromatic rings. The molecule has 0 aromatic heterocycles.